The smallest absolute Gasteiger partial charge is 0.198 e. The van der Waals surface area contributed by atoms with Crippen LogP contribution < -0.4 is 10.2 Å². The topological polar surface area (TPSA) is 58.3 Å². The highest BCUT2D eigenvalue weighted by atomic mass is 127. The van der Waals surface area contributed by atoms with E-state index in [-0.39, 0.29) is 24.0 Å². The second-order valence-corrected chi connectivity index (χ2v) is 6.57. The zero-order chi connectivity index (χ0) is 18.6. The van der Waals surface area contributed by atoms with E-state index in [0.717, 1.165) is 42.7 Å². The number of anilines is 1. The summed E-state index contributed by atoms with van der Waals surface area (Å²) in [5.41, 5.74) is 3.71. The third-order valence-electron chi connectivity index (χ3n) is 4.77. The number of fused-ring (bicyclic) bond motifs is 1. The van der Waals surface area contributed by atoms with Crippen LogP contribution in [0.2, 0.25) is 0 Å². The zero-order valence-corrected chi connectivity index (χ0v) is 18.5. The number of aliphatic imine (C=N–C) groups is 1. The maximum Gasteiger partial charge on any atom is 0.198 e. The largest absolute Gasteiger partial charge is 0.356 e. The van der Waals surface area contributed by atoms with Gasteiger partial charge in [-0.3, -0.25) is 4.57 Å². The van der Waals surface area contributed by atoms with Crippen molar-refractivity contribution in [2.75, 3.05) is 18.0 Å². The molecule has 0 saturated carbocycles. The van der Waals surface area contributed by atoms with Gasteiger partial charge in [-0.15, -0.1) is 24.0 Å². The summed E-state index contributed by atoms with van der Waals surface area (Å²) in [7, 11) is 0. The van der Waals surface area contributed by atoms with Crippen molar-refractivity contribution in [3.05, 3.63) is 71.9 Å². The fourth-order valence-corrected chi connectivity index (χ4v) is 3.39. The molecule has 0 spiro atoms. The number of hydrogen-bond acceptors (Lipinski definition) is 3. The van der Waals surface area contributed by atoms with Gasteiger partial charge in [0.25, 0.3) is 0 Å². The molecule has 0 bridgehead atoms. The highest BCUT2D eigenvalue weighted by Crippen LogP contribution is 2.27. The zero-order valence-electron chi connectivity index (χ0n) is 16.2. The van der Waals surface area contributed by atoms with E-state index in [0.29, 0.717) is 6.54 Å². The Hall–Kier alpha value is -2.42. The number of aryl methyl sites for hydroxylation is 1. The highest BCUT2D eigenvalue weighted by Gasteiger charge is 2.22. The van der Waals surface area contributed by atoms with Crippen LogP contribution in [0.1, 0.15) is 23.9 Å². The molecule has 1 N–H and O–H groups in total. The van der Waals surface area contributed by atoms with E-state index in [1.54, 1.807) is 6.20 Å². The van der Waals surface area contributed by atoms with Gasteiger partial charge in [0, 0.05) is 37.4 Å². The minimum atomic E-state index is 0. The molecule has 1 aliphatic heterocycles. The predicted octanol–water partition coefficient (Wildman–Crippen LogP) is 3.72. The maximum absolute atomic E-state index is 4.85. The minimum Gasteiger partial charge on any atom is -0.356 e. The number of benzene rings is 1. The van der Waals surface area contributed by atoms with Crippen LogP contribution >= 0.6 is 24.0 Å². The standard InChI is InChI=1S/C21H24N6.HI/c1-3-22-21(27-12-10-18-6-4-5-7-19(18)27)25-15-17-8-9-20(24-14-17)26-13-11-23-16(26)2;/h4-9,11,13-14H,3,10,12,15H2,1-2H3,(H,22,25);1H. The van der Waals surface area contributed by atoms with E-state index in [9.17, 15) is 0 Å². The molecule has 1 aromatic carbocycles. The molecule has 2 aromatic heterocycles. The number of aromatic nitrogens is 3. The van der Waals surface area contributed by atoms with Crippen LogP contribution in [0.15, 0.2) is 60.0 Å². The van der Waals surface area contributed by atoms with Gasteiger partial charge in [0.1, 0.15) is 11.6 Å². The quantitative estimate of drug-likeness (QED) is 0.346. The number of halogens is 1. The number of para-hydroxylation sites is 1. The lowest BCUT2D eigenvalue weighted by molar-refractivity contribution is 0.878. The summed E-state index contributed by atoms with van der Waals surface area (Å²) in [6.07, 6.45) is 6.65. The van der Waals surface area contributed by atoms with Crippen molar-refractivity contribution >= 4 is 35.6 Å². The molecule has 1 aliphatic rings. The van der Waals surface area contributed by atoms with Crippen LogP contribution in [0.4, 0.5) is 5.69 Å². The summed E-state index contributed by atoms with van der Waals surface area (Å²) < 4.78 is 1.97. The first kappa shape index (κ1) is 20.3. The molecule has 0 atom stereocenters. The average molecular weight is 488 g/mol. The maximum atomic E-state index is 4.85. The van der Waals surface area contributed by atoms with E-state index >= 15 is 0 Å². The number of pyridine rings is 1. The number of hydrogen-bond donors (Lipinski definition) is 1. The van der Waals surface area contributed by atoms with Crippen LogP contribution in [0.25, 0.3) is 5.82 Å². The molecule has 0 radical (unpaired) electrons. The first-order chi connectivity index (χ1) is 13.3. The number of nitrogens with zero attached hydrogens (tertiary/aromatic N) is 5. The number of imidazole rings is 1. The molecule has 146 valence electrons. The molecule has 4 rings (SSSR count). The van der Waals surface area contributed by atoms with E-state index < -0.39 is 0 Å². The fraction of sp³-hybridized carbons (Fsp3) is 0.286. The van der Waals surface area contributed by atoms with Crippen molar-refractivity contribution in [3.63, 3.8) is 0 Å². The van der Waals surface area contributed by atoms with Gasteiger partial charge >= 0.3 is 0 Å². The minimum absolute atomic E-state index is 0. The lowest BCUT2D eigenvalue weighted by Crippen LogP contribution is -2.40. The molecule has 0 amide bonds. The van der Waals surface area contributed by atoms with Gasteiger partial charge in [-0.05, 0) is 43.5 Å². The van der Waals surface area contributed by atoms with Crippen molar-refractivity contribution in [2.24, 2.45) is 4.99 Å². The van der Waals surface area contributed by atoms with Crippen LogP contribution in [0.3, 0.4) is 0 Å². The molecule has 3 aromatic rings. The lowest BCUT2D eigenvalue weighted by Gasteiger charge is -2.22. The van der Waals surface area contributed by atoms with Crippen LogP contribution in [0.5, 0.6) is 0 Å². The molecule has 0 saturated heterocycles. The van der Waals surface area contributed by atoms with Crippen LogP contribution in [-0.4, -0.2) is 33.6 Å². The van der Waals surface area contributed by atoms with Crippen LogP contribution in [0, 0.1) is 6.92 Å². The van der Waals surface area contributed by atoms with Crippen molar-refractivity contribution in [2.45, 2.75) is 26.8 Å². The molecule has 0 fully saturated rings. The van der Waals surface area contributed by atoms with Gasteiger partial charge in [0.2, 0.25) is 0 Å². The lowest BCUT2D eigenvalue weighted by atomic mass is 10.2. The third-order valence-corrected chi connectivity index (χ3v) is 4.77. The van der Waals surface area contributed by atoms with Gasteiger partial charge in [-0.2, -0.15) is 0 Å². The Morgan fingerprint density at radius 1 is 1.18 bits per heavy atom. The van der Waals surface area contributed by atoms with Gasteiger partial charge in [0.05, 0.1) is 6.54 Å². The molecule has 6 nitrogen and oxygen atoms in total. The summed E-state index contributed by atoms with van der Waals surface area (Å²) in [6.45, 7) is 6.46. The van der Waals surface area contributed by atoms with Crippen molar-refractivity contribution in [1.82, 2.24) is 19.9 Å². The number of guanidine groups is 1. The fourth-order valence-electron chi connectivity index (χ4n) is 3.39. The highest BCUT2D eigenvalue weighted by molar-refractivity contribution is 14.0. The summed E-state index contributed by atoms with van der Waals surface area (Å²) in [5.74, 6) is 2.73. The summed E-state index contributed by atoms with van der Waals surface area (Å²) in [5, 5.41) is 3.42. The van der Waals surface area contributed by atoms with Crippen molar-refractivity contribution < 1.29 is 0 Å². The van der Waals surface area contributed by atoms with E-state index in [2.05, 4.69) is 57.4 Å². The van der Waals surface area contributed by atoms with Gasteiger partial charge in [0.15, 0.2) is 5.96 Å². The molecule has 0 aliphatic carbocycles. The molecule has 3 heterocycles. The predicted molar refractivity (Wildman–Crippen MR) is 124 cm³/mol. The molecular formula is C21H25IN6. The normalized spacial score (nSPS) is 13.2. The Bertz CT molecular complexity index is 948. The monoisotopic (exact) mass is 488 g/mol. The SMILES string of the molecule is CCNC(=NCc1ccc(-n2ccnc2C)nc1)N1CCc2ccccc21.I. The summed E-state index contributed by atoms with van der Waals surface area (Å²) in [6, 6.07) is 12.6. The summed E-state index contributed by atoms with van der Waals surface area (Å²) >= 11 is 0. The summed E-state index contributed by atoms with van der Waals surface area (Å²) in [4.78, 5) is 15.9. The van der Waals surface area contributed by atoms with E-state index in [4.69, 9.17) is 4.99 Å². The van der Waals surface area contributed by atoms with Gasteiger partial charge < -0.3 is 10.2 Å². The Morgan fingerprint density at radius 3 is 2.75 bits per heavy atom. The Balaban J connectivity index is 0.00000225. The number of nitrogens with one attached hydrogen (secondary N) is 1. The molecule has 0 unspecified atom stereocenters. The Kier molecular flexibility index (Phi) is 6.66. The van der Waals surface area contributed by atoms with Crippen molar-refractivity contribution in [3.8, 4) is 5.82 Å². The Morgan fingerprint density at radius 2 is 2.04 bits per heavy atom. The molecule has 28 heavy (non-hydrogen) atoms. The van der Waals surface area contributed by atoms with E-state index in [1.807, 2.05) is 30.0 Å². The number of rotatable bonds is 4. The van der Waals surface area contributed by atoms with Crippen molar-refractivity contribution in [1.29, 1.82) is 0 Å². The third kappa shape index (κ3) is 4.19. The first-order valence-corrected chi connectivity index (χ1v) is 9.35. The average Bonchev–Trinajstić information content (AvgIpc) is 3.32. The van der Waals surface area contributed by atoms with Crippen LogP contribution in [-0.2, 0) is 13.0 Å². The van der Waals surface area contributed by atoms with Gasteiger partial charge in [-0.1, -0.05) is 24.3 Å². The second-order valence-electron chi connectivity index (χ2n) is 6.57. The second kappa shape index (κ2) is 9.18. The molecule has 7 heteroatoms. The Labute approximate surface area is 182 Å². The molecular weight excluding hydrogens is 463 g/mol. The van der Waals surface area contributed by atoms with Gasteiger partial charge in [-0.25, -0.2) is 15.0 Å². The first-order valence-electron chi connectivity index (χ1n) is 9.35. The van der Waals surface area contributed by atoms with E-state index in [1.165, 1.54) is 11.3 Å².